The standard InChI is InChI=1S/C16H11FINO2/c1-9-13-7-10(17)5-6-14(13)21-15(9)16(20)19-12-4-2-3-11(18)8-12/h2-8H,1H3,(H,19,20). The molecule has 0 unspecified atom stereocenters. The largest absolute Gasteiger partial charge is 0.451 e. The summed E-state index contributed by atoms with van der Waals surface area (Å²) in [6.45, 7) is 1.74. The minimum atomic E-state index is -0.351. The lowest BCUT2D eigenvalue weighted by Gasteiger charge is -2.04. The van der Waals surface area contributed by atoms with Gasteiger partial charge in [0.05, 0.1) is 0 Å². The van der Waals surface area contributed by atoms with E-state index in [2.05, 4.69) is 27.9 Å². The summed E-state index contributed by atoms with van der Waals surface area (Å²) in [6, 6.07) is 11.7. The van der Waals surface area contributed by atoms with Crippen molar-refractivity contribution >= 4 is 45.2 Å². The second kappa shape index (κ2) is 5.48. The predicted octanol–water partition coefficient (Wildman–Crippen LogP) is 4.74. The van der Waals surface area contributed by atoms with Crippen LogP contribution in [0.2, 0.25) is 0 Å². The molecule has 1 aromatic heterocycles. The van der Waals surface area contributed by atoms with E-state index in [1.165, 1.54) is 18.2 Å². The molecular weight excluding hydrogens is 384 g/mol. The smallest absolute Gasteiger partial charge is 0.291 e. The molecule has 3 aromatic rings. The number of halogens is 2. The summed E-state index contributed by atoms with van der Waals surface area (Å²) in [5.41, 5.74) is 1.83. The van der Waals surface area contributed by atoms with E-state index in [4.69, 9.17) is 4.42 Å². The van der Waals surface area contributed by atoms with Gasteiger partial charge in [0.2, 0.25) is 0 Å². The van der Waals surface area contributed by atoms with Gasteiger partial charge in [-0.25, -0.2) is 4.39 Å². The number of anilines is 1. The number of benzene rings is 2. The second-order valence-corrected chi connectivity index (χ2v) is 5.91. The summed E-state index contributed by atoms with van der Waals surface area (Å²) >= 11 is 2.17. The lowest BCUT2D eigenvalue weighted by Crippen LogP contribution is -2.12. The zero-order valence-electron chi connectivity index (χ0n) is 11.1. The second-order valence-electron chi connectivity index (χ2n) is 4.66. The van der Waals surface area contributed by atoms with Gasteiger partial charge in [-0.2, -0.15) is 0 Å². The van der Waals surface area contributed by atoms with E-state index >= 15 is 0 Å². The quantitative estimate of drug-likeness (QED) is 0.638. The minimum absolute atomic E-state index is 0.203. The van der Waals surface area contributed by atoms with Crippen molar-refractivity contribution in [3.63, 3.8) is 0 Å². The Morgan fingerprint density at radius 3 is 2.81 bits per heavy atom. The van der Waals surface area contributed by atoms with Gasteiger partial charge >= 0.3 is 0 Å². The van der Waals surface area contributed by atoms with Crippen molar-refractivity contribution in [1.29, 1.82) is 0 Å². The van der Waals surface area contributed by atoms with Crippen LogP contribution in [0.25, 0.3) is 11.0 Å². The van der Waals surface area contributed by atoms with Crippen molar-refractivity contribution in [3.05, 3.63) is 63.2 Å². The van der Waals surface area contributed by atoms with Gasteiger partial charge in [0, 0.05) is 20.2 Å². The molecule has 0 spiro atoms. The highest BCUT2D eigenvalue weighted by atomic mass is 127. The van der Waals surface area contributed by atoms with Crippen molar-refractivity contribution in [3.8, 4) is 0 Å². The number of furan rings is 1. The van der Waals surface area contributed by atoms with Gasteiger partial charge in [-0.05, 0) is 65.9 Å². The SMILES string of the molecule is Cc1c(C(=O)Nc2cccc(I)c2)oc2ccc(F)cc12. The van der Waals surface area contributed by atoms with Gasteiger partial charge in [0.25, 0.3) is 5.91 Å². The Morgan fingerprint density at radius 1 is 1.24 bits per heavy atom. The molecule has 0 saturated heterocycles. The van der Waals surface area contributed by atoms with Crippen LogP contribution < -0.4 is 5.32 Å². The monoisotopic (exact) mass is 395 g/mol. The van der Waals surface area contributed by atoms with Gasteiger partial charge in [-0.15, -0.1) is 0 Å². The first-order valence-corrected chi connectivity index (χ1v) is 7.38. The van der Waals surface area contributed by atoms with E-state index < -0.39 is 0 Å². The predicted molar refractivity (Wildman–Crippen MR) is 88.0 cm³/mol. The summed E-state index contributed by atoms with van der Waals surface area (Å²) in [5.74, 6) is -0.489. The summed E-state index contributed by atoms with van der Waals surface area (Å²) in [7, 11) is 0. The Morgan fingerprint density at radius 2 is 2.05 bits per heavy atom. The van der Waals surface area contributed by atoms with Gasteiger partial charge in [-0.3, -0.25) is 4.79 Å². The molecule has 0 aliphatic carbocycles. The van der Waals surface area contributed by atoms with Gasteiger partial charge in [0.1, 0.15) is 11.4 Å². The number of carbonyl (C=O) groups excluding carboxylic acids is 1. The molecule has 3 rings (SSSR count). The van der Waals surface area contributed by atoms with Crippen LogP contribution in [-0.4, -0.2) is 5.91 Å². The van der Waals surface area contributed by atoms with E-state index in [9.17, 15) is 9.18 Å². The molecule has 0 saturated carbocycles. The lowest BCUT2D eigenvalue weighted by atomic mass is 10.1. The van der Waals surface area contributed by atoms with Crippen molar-refractivity contribution in [1.82, 2.24) is 0 Å². The normalized spacial score (nSPS) is 10.8. The Kier molecular flexibility index (Phi) is 3.67. The molecule has 1 amide bonds. The number of carbonyl (C=O) groups is 1. The van der Waals surface area contributed by atoms with Crippen LogP contribution in [0.15, 0.2) is 46.9 Å². The molecule has 0 radical (unpaired) electrons. The summed E-state index contributed by atoms with van der Waals surface area (Å²) in [6.07, 6.45) is 0. The van der Waals surface area contributed by atoms with E-state index in [-0.39, 0.29) is 17.5 Å². The first-order valence-electron chi connectivity index (χ1n) is 6.30. The molecule has 5 heteroatoms. The van der Waals surface area contributed by atoms with Crippen molar-refractivity contribution in [2.24, 2.45) is 0 Å². The molecule has 2 aromatic carbocycles. The fourth-order valence-corrected chi connectivity index (χ4v) is 2.71. The van der Waals surface area contributed by atoms with Crippen molar-refractivity contribution in [2.45, 2.75) is 6.92 Å². The summed E-state index contributed by atoms with van der Waals surface area (Å²) < 4.78 is 19.8. The number of hydrogen-bond donors (Lipinski definition) is 1. The average molecular weight is 395 g/mol. The maximum absolute atomic E-state index is 13.3. The molecular formula is C16H11FINO2. The molecule has 0 fully saturated rings. The van der Waals surface area contributed by atoms with Gasteiger partial charge in [-0.1, -0.05) is 6.07 Å². The first-order chi connectivity index (χ1) is 10.0. The maximum atomic E-state index is 13.3. The zero-order chi connectivity index (χ0) is 15.0. The first kappa shape index (κ1) is 14.1. The lowest BCUT2D eigenvalue weighted by molar-refractivity contribution is 0.0998. The maximum Gasteiger partial charge on any atom is 0.291 e. The van der Waals surface area contributed by atoms with Gasteiger partial charge in [0.15, 0.2) is 5.76 Å². The number of aryl methyl sites for hydroxylation is 1. The van der Waals surface area contributed by atoms with Crippen LogP contribution in [0.3, 0.4) is 0 Å². The Labute approximate surface area is 134 Å². The number of nitrogens with one attached hydrogen (secondary N) is 1. The Bertz CT molecular complexity index is 841. The van der Waals surface area contributed by atoms with Crippen molar-refractivity contribution in [2.75, 3.05) is 5.32 Å². The van der Waals surface area contributed by atoms with Crippen LogP contribution in [0.1, 0.15) is 16.1 Å². The Hall–Kier alpha value is -1.89. The highest BCUT2D eigenvalue weighted by Gasteiger charge is 2.18. The van der Waals surface area contributed by atoms with E-state index in [1.807, 2.05) is 18.2 Å². The molecule has 0 bridgehead atoms. The fourth-order valence-electron chi connectivity index (χ4n) is 2.16. The fraction of sp³-hybridized carbons (Fsp3) is 0.0625. The van der Waals surface area contributed by atoms with Crippen LogP contribution >= 0.6 is 22.6 Å². The molecule has 3 nitrogen and oxygen atoms in total. The third-order valence-electron chi connectivity index (χ3n) is 3.19. The van der Waals surface area contributed by atoms with Crippen molar-refractivity contribution < 1.29 is 13.6 Å². The number of hydrogen-bond acceptors (Lipinski definition) is 2. The molecule has 1 N–H and O–H groups in total. The molecule has 0 aliphatic rings. The molecule has 1 heterocycles. The number of amides is 1. The third-order valence-corrected chi connectivity index (χ3v) is 3.86. The minimum Gasteiger partial charge on any atom is -0.451 e. The van der Waals surface area contributed by atoms with E-state index in [1.54, 1.807) is 13.0 Å². The molecule has 0 atom stereocenters. The van der Waals surface area contributed by atoms with Crippen LogP contribution in [0.4, 0.5) is 10.1 Å². The topological polar surface area (TPSA) is 42.2 Å². The highest BCUT2D eigenvalue weighted by Crippen LogP contribution is 2.26. The molecule has 21 heavy (non-hydrogen) atoms. The van der Waals surface area contributed by atoms with Crippen LogP contribution in [0, 0.1) is 16.3 Å². The van der Waals surface area contributed by atoms with E-state index in [0.717, 1.165) is 3.57 Å². The third kappa shape index (κ3) is 2.78. The number of rotatable bonds is 2. The van der Waals surface area contributed by atoms with E-state index in [0.29, 0.717) is 22.2 Å². The van der Waals surface area contributed by atoms with Gasteiger partial charge < -0.3 is 9.73 Å². The van der Waals surface area contributed by atoms with Crippen LogP contribution in [0.5, 0.6) is 0 Å². The number of fused-ring (bicyclic) bond motifs is 1. The Balaban J connectivity index is 1.96. The zero-order valence-corrected chi connectivity index (χ0v) is 13.3. The highest BCUT2D eigenvalue weighted by molar-refractivity contribution is 14.1. The van der Waals surface area contributed by atoms with Crippen LogP contribution in [-0.2, 0) is 0 Å². The summed E-state index contributed by atoms with van der Waals surface area (Å²) in [4.78, 5) is 12.3. The summed E-state index contributed by atoms with van der Waals surface area (Å²) in [5, 5.41) is 3.40. The average Bonchev–Trinajstić information content (AvgIpc) is 2.76. The molecule has 0 aliphatic heterocycles. The molecule has 106 valence electrons.